The zero-order valence-corrected chi connectivity index (χ0v) is 27.3. The monoisotopic (exact) mass is 717 g/mol. The van der Waals surface area contributed by atoms with E-state index in [4.69, 9.17) is 4.74 Å². The first-order valence-electron chi connectivity index (χ1n) is 14.1. The van der Waals surface area contributed by atoms with E-state index in [0.29, 0.717) is 28.5 Å². The molecule has 0 aliphatic rings. The molecule has 6 aromatic rings. The number of fused-ring (bicyclic) bond motifs is 3. The van der Waals surface area contributed by atoms with E-state index in [1.54, 1.807) is 13.0 Å². The van der Waals surface area contributed by atoms with E-state index in [1.807, 2.05) is 30.3 Å². The number of nitrogens with zero attached hydrogens (tertiary/aromatic N) is 6. The largest absolute Gasteiger partial charge is 0.505 e. The number of aromatic hydroxyl groups is 1. The minimum atomic E-state index is -4.96. The van der Waals surface area contributed by atoms with Crippen LogP contribution in [0.2, 0.25) is 0 Å². The third-order valence-corrected chi connectivity index (χ3v) is 9.22. The average molecular weight is 718 g/mol. The number of ether oxygens (including phenoxy) is 1. The van der Waals surface area contributed by atoms with Gasteiger partial charge in [0.25, 0.3) is 25.9 Å². The van der Waals surface area contributed by atoms with E-state index in [1.165, 1.54) is 25.3 Å². The fourth-order valence-electron chi connectivity index (χ4n) is 5.05. The summed E-state index contributed by atoms with van der Waals surface area (Å²) >= 11 is 0. The Labute approximate surface area is 282 Å². The molecule has 17 nitrogen and oxygen atoms in total. The zero-order valence-electron chi connectivity index (χ0n) is 25.7. The van der Waals surface area contributed by atoms with Gasteiger partial charge in [-0.3, -0.25) is 19.2 Å². The number of non-ortho nitro benzene ring substituents is 1. The number of benzene rings is 5. The molecule has 0 atom stereocenters. The van der Waals surface area contributed by atoms with Crippen molar-refractivity contribution in [3.63, 3.8) is 0 Å². The van der Waals surface area contributed by atoms with Crippen molar-refractivity contribution in [3.8, 4) is 22.9 Å². The van der Waals surface area contributed by atoms with Crippen LogP contribution >= 0.6 is 0 Å². The number of H-pyrrole nitrogens is 1. The maximum Gasteiger partial charge on any atom is 0.297 e. The highest BCUT2D eigenvalue weighted by molar-refractivity contribution is 7.86. The lowest BCUT2D eigenvalue weighted by Gasteiger charge is -2.10. The van der Waals surface area contributed by atoms with Gasteiger partial charge in [0.15, 0.2) is 5.75 Å². The first-order chi connectivity index (χ1) is 23.7. The van der Waals surface area contributed by atoms with Gasteiger partial charge in [0.1, 0.15) is 38.4 Å². The molecule has 0 amide bonds. The molecule has 1 aromatic heterocycles. The summed E-state index contributed by atoms with van der Waals surface area (Å²) in [5, 5.41) is 38.7. The SMILES string of the molecule is COc1cc(N=Nc2ccc([N+](=O)[O-])cc2S(=O)(=O)O)c(C)cc1N=Nc1c(S(=O)(=O)O)cc2c(ccc3nc(-c4ccccc4)[nH]c32)c1O. The lowest BCUT2D eigenvalue weighted by atomic mass is 10.1. The van der Waals surface area contributed by atoms with Crippen LogP contribution in [0.3, 0.4) is 0 Å². The number of nitro benzene ring substituents is 1. The Balaban J connectivity index is 1.41. The second kappa shape index (κ2) is 12.7. The summed E-state index contributed by atoms with van der Waals surface area (Å²) in [6.45, 7) is 1.57. The maximum atomic E-state index is 12.6. The highest BCUT2D eigenvalue weighted by Crippen LogP contribution is 2.44. The molecular weight excluding hydrogens is 695 g/mol. The molecule has 1 heterocycles. The number of aryl methyl sites for hydroxylation is 1. The first kappa shape index (κ1) is 33.7. The summed E-state index contributed by atoms with van der Waals surface area (Å²) in [6, 6.07) is 18.9. The van der Waals surface area contributed by atoms with Gasteiger partial charge in [-0.2, -0.15) is 21.9 Å². The number of hydrogen-bond donors (Lipinski definition) is 4. The number of hydrogen-bond acceptors (Lipinski definition) is 13. The number of phenols is 1. The number of imidazole rings is 1. The second-order valence-corrected chi connectivity index (χ2v) is 13.4. The van der Waals surface area contributed by atoms with Crippen LogP contribution in [0.25, 0.3) is 33.2 Å². The van der Waals surface area contributed by atoms with Gasteiger partial charge in [-0.1, -0.05) is 30.3 Å². The van der Waals surface area contributed by atoms with E-state index < -0.39 is 52.1 Å². The molecule has 19 heteroatoms. The summed E-state index contributed by atoms with van der Waals surface area (Å²) in [5.41, 5.74) is 0.679. The summed E-state index contributed by atoms with van der Waals surface area (Å²) in [5.74, 6) is -0.0504. The number of rotatable bonds is 9. The Morgan fingerprint density at radius 3 is 2.14 bits per heavy atom. The Hall–Kier alpha value is -6.15. The first-order valence-corrected chi connectivity index (χ1v) is 17.0. The van der Waals surface area contributed by atoms with Crippen molar-refractivity contribution in [1.29, 1.82) is 0 Å². The summed E-state index contributed by atoms with van der Waals surface area (Å²) in [4.78, 5) is 16.4. The van der Waals surface area contributed by atoms with E-state index in [-0.39, 0.29) is 33.6 Å². The van der Waals surface area contributed by atoms with Crippen LogP contribution in [0.1, 0.15) is 5.56 Å². The molecule has 4 N–H and O–H groups in total. The van der Waals surface area contributed by atoms with Crippen molar-refractivity contribution in [3.05, 3.63) is 94.5 Å². The van der Waals surface area contributed by atoms with E-state index in [2.05, 4.69) is 30.4 Å². The van der Waals surface area contributed by atoms with Gasteiger partial charge in [-0.05, 0) is 42.8 Å². The fraction of sp³-hybridized carbons (Fsp3) is 0.0645. The molecule has 0 unspecified atom stereocenters. The molecule has 0 bridgehead atoms. The third-order valence-electron chi connectivity index (χ3n) is 7.47. The number of azo groups is 2. The van der Waals surface area contributed by atoms with Crippen LogP contribution in [0.15, 0.2) is 109 Å². The molecule has 0 fully saturated rings. The average Bonchev–Trinajstić information content (AvgIpc) is 3.52. The molecule has 6 rings (SSSR count). The van der Waals surface area contributed by atoms with Crippen molar-refractivity contribution < 1.29 is 40.7 Å². The molecule has 50 heavy (non-hydrogen) atoms. The molecule has 0 aliphatic heterocycles. The van der Waals surface area contributed by atoms with Gasteiger partial charge in [-0.25, -0.2) is 4.98 Å². The number of aromatic amines is 1. The smallest absolute Gasteiger partial charge is 0.297 e. The Morgan fingerprint density at radius 1 is 0.800 bits per heavy atom. The van der Waals surface area contributed by atoms with Crippen LogP contribution in [0.4, 0.5) is 28.4 Å². The molecule has 0 saturated carbocycles. The normalized spacial score (nSPS) is 12.4. The molecule has 5 aromatic carbocycles. The lowest BCUT2D eigenvalue weighted by molar-refractivity contribution is -0.385. The Kier molecular flexibility index (Phi) is 8.57. The third kappa shape index (κ3) is 6.48. The summed E-state index contributed by atoms with van der Waals surface area (Å²) in [7, 11) is -8.58. The Morgan fingerprint density at radius 2 is 1.48 bits per heavy atom. The fourth-order valence-corrected chi connectivity index (χ4v) is 6.35. The second-order valence-electron chi connectivity index (χ2n) is 10.6. The maximum absolute atomic E-state index is 12.6. The van der Waals surface area contributed by atoms with Crippen LogP contribution in [0, 0.1) is 17.0 Å². The number of phenolic OH excluding ortho intramolecular Hbond substituents is 1. The molecule has 0 spiro atoms. The van der Waals surface area contributed by atoms with Crippen LogP contribution in [-0.2, 0) is 20.2 Å². The van der Waals surface area contributed by atoms with Gasteiger partial charge >= 0.3 is 0 Å². The molecule has 254 valence electrons. The number of nitrogens with one attached hydrogen (secondary N) is 1. The molecule has 0 saturated heterocycles. The quantitative estimate of drug-likeness (QED) is 0.0488. The van der Waals surface area contributed by atoms with Gasteiger partial charge in [0.2, 0.25) is 0 Å². The van der Waals surface area contributed by atoms with Crippen molar-refractivity contribution in [1.82, 2.24) is 9.97 Å². The van der Waals surface area contributed by atoms with Crippen LogP contribution < -0.4 is 4.74 Å². The predicted octanol–water partition coefficient (Wildman–Crippen LogP) is 7.64. The summed E-state index contributed by atoms with van der Waals surface area (Å²) < 4.78 is 73.9. The van der Waals surface area contributed by atoms with E-state index in [9.17, 15) is 41.2 Å². The van der Waals surface area contributed by atoms with Crippen LogP contribution in [0.5, 0.6) is 11.5 Å². The highest BCUT2D eigenvalue weighted by Gasteiger charge is 2.24. The Bertz CT molecular complexity index is 2640. The standard InChI is InChI=1S/C31H23N7O10S2/c1-16-12-24(25(48-2)15-23(16)35-34-21-10-8-18(38(40)41)13-26(21)49(42,43)44)36-37-29-27(50(45,46)47)14-20-19(30(29)39)9-11-22-28(20)33-31(32-22)17-6-4-3-5-7-17/h3-15,39H,1-2H3,(H,32,33)(H,42,43,44)(H,45,46,47). The van der Waals surface area contributed by atoms with E-state index in [0.717, 1.165) is 23.8 Å². The van der Waals surface area contributed by atoms with Gasteiger partial charge < -0.3 is 14.8 Å². The van der Waals surface area contributed by atoms with Crippen molar-refractivity contribution in [2.45, 2.75) is 16.7 Å². The zero-order chi connectivity index (χ0) is 36.0. The predicted molar refractivity (Wildman–Crippen MR) is 180 cm³/mol. The number of nitro groups is 1. The van der Waals surface area contributed by atoms with Gasteiger partial charge in [0, 0.05) is 34.5 Å². The molecule has 0 aliphatic carbocycles. The topological polar surface area (TPSA) is 259 Å². The summed E-state index contributed by atoms with van der Waals surface area (Å²) in [6.07, 6.45) is 0. The molecule has 0 radical (unpaired) electrons. The van der Waals surface area contributed by atoms with Crippen molar-refractivity contribution in [2.75, 3.05) is 7.11 Å². The van der Waals surface area contributed by atoms with Gasteiger partial charge in [0.05, 0.1) is 28.8 Å². The molecular formula is C31H23N7O10S2. The highest BCUT2D eigenvalue weighted by atomic mass is 32.2. The lowest BCUT2D eigenvalue weighted by Crippen LogP contribution is -2.00. The number of aromatic nitrogens is 2. The van der Waals surface area contributed by atoms with Crippen molar-refractivity contribution >= 4 is 70.5 Å². The van der Waals surface area contributed by atoms with Crippen molar-refractivity contribution in [2.24, 2.45) is 20.5 Å². The van der Waals surface area contributed by atoms with Gasteiger partial charge in [-0.15, -0.1) is 15.3 Å². The van der Waals surface area contributed by atoms with Crippen LogP contribution in [-0.4, -0.2) is 53.0 Å². The minimum absolute atomic E-state index is 0.0355. The minimum Gasteiger partial charge on any atom is -0.505 e. The number of methoxy groups -OCH3 is 1. The van der Waals surface area contributed by atoms with E-state index >= 15 is 0 Å².